The Hall–Kier alpha value is -1.40. The van der Waals surface area contributed by atoms with Crippen molar-refractivity contribution in [1.82, 2.24) is 15.3 Å². The standard InChI is InChI=1S/C9H16N4O2/c1-2-3-13-6-8(4-11-13)5-12-15-7-9(10)14/h4,6,12H,2-3,5,7H2,1H3,(H2,10,14). The van der Waals surface area contributed by atoms with Crippen LogP contribution in [0.5, 0.6) is 0 Å². The number of nitrogens with two attached hydrogens (primary N) is 1. The molecule has 0 radical (unpaired) electrons. The summed E-state index contributed by atoms with van der Waals surface area (Å²) in [6.45, 7) is 3.39. The van der Waals surface area contributed by atoms with Crippen LogP contribution in [0.2, 0.25) is 0 Å². The van der Waals surface area contributed by atoms with Crippen LogP contribution in [0, 0.1) is 0 Å². The number of hydrogen-bond donors (Lipinski definition) is 2. The maximum Gasteiger partial charge on any atom is 0.245 e. The number of amides is 1. The number of nitrogens with one attached hydrogen (secondary N) is 1. The molecule has 0 fully saturated rings. The first-order valence-electron chi connectivity index (χ1n) is 4.86. The van der Waals surface area contributed by atoms with Crippen LogP contribution in [0.4, 0.5) is 0 Å². The number of hydroxylamine groups is 1. The van der Waals surface area contributed by atoms with E-state index in [4.69, 9.17) is 10.6 Å². The number of primary amides is 1. The predicted octanol–water partition coefficient (Wildman–Crippen LogP) is -0.200. The summed E-state index contributed by atoms with van der Waals surface area (Å²) in [4.78, 5) is 15.1. The summed E-state index contributed by atoms with van der Waals surface area (Å²) in [5, 5.41) is 4.15. The van der Waals surface area contributed by atoms with Gasteiger partial charge in [-0.1, -0.05) is 6.92 Å². The highest BCUT2D eigenvalue weighted by atomic mass is 16.6. The number of carbonyl (C=O) groups excluding carboxylic acids is 1. The van der Waals surface area contributed by atoms with E-state index in [1.165, 1.54) is 0 Å². The molecule has 0 saturated carbocycles. The molecule has 0 unspecified atom stereocenters. The molecule has 0 atom stereocenters. The first-order chi connectivity index (χ1) is 7.22. The molecule has 0 aliphatic rings. The van der Waals surface area contributed by atoms with Gasteiger partial charge in [-0.05, 0) is 6.42 Å². The maximum absolute atomic E-state index is 10.3. The number of rotatable bonds is 7. The third-order valence-electron chi connectivity index (χ3n) is 1.73. The minimum atomic E-state index is -0.496. The molecule has 15 heavy (non-hydrogen) atoms. The lowest BCUT2D eigenvalue weighted by molar-refractivity contribution is -0.125. The smallest absolute Gasteiger partial charge is 0.245 e. The zero-order valence-electron chi connectivity index (χ0n) is 8.77. The summed E-state index contributed by atoms with van der Waals surface area (Å²) in [6, 6.07) is 0. The highest BCUT2D eigenvalue weighted by Crippen LogP contribution is 1.97. The highest BCUT2D eigenvalue weighted by Gasteiger charge is 1.98. The van der Waals surface area contributed by atoms with Crippen molar-refractivity contribution in [3.63, 3.8) is 0 Å². The summed E-state index contributed by atoms with van der Waals surface area (Å²) in [5.41, 5.74) is 8.54. The Morgan fingerprint density at radius 2 is 2.53 bits per heavy atom. The zero-order valence-corrected chi connectivity index (χ0v) is 8.77. The molecule has 0 aliphatic carbocycles. The molecular formula is C9H16N4O2. The van der Waals surface area contributed by atoms with Crippen LogP contribution < -0.4 is 11.2 Å². The summed E-state index contributed by atoms with van der Waals surface area (Å²) < 4.78 is 1.87. The van der Waals surface area contributed by atoms with Crippen molar-refractivity contribution in [3.8, 4) is 0 Å². The minimum Gasteiger partial charge on any atom is -0.368 e. The van der Waals surface area contributed by atoms with Crippen LogP contribution in [0.3, 0.4) is 0 Å². The molecule has 0 aromatic carbocycles. The third kappa shape index (κ3) is 4.57. The Morgan fingerprint density at radius 1 is 1.73 bits per heavy atom. The van der Waals surface area contributed by atoms with E-state index in [0.717, 1.165) is 18.5 Å². The second-order valence-electron chi connectivity index (χ2n) is 3.19. The van der Waals surface area contributed by atoms with Gasteiger partial charge in [0, 0.05) is 24.8 Å². The van der Waals surface area contributed by atoms with Crippen LogP contribution >= 0.6 is 0 Å². The molecule has 84 valence electrons. The van der Waals surface area contributed by atoms with Gasteiger partial charge in [-0.25, -0.2) is 0 Å². The van der Waals surface area contributed by atoms with E-state index in [0.29, 0.717) is 6.54 Å². The summed E-state index contributed by atoms with van der Waals surface area (Å²) in [5.74, 6) is -0.496. The summed E-state index contributed by atoms with van der Waals surface area (Å²) in [7, 11) is 0. The fourth-order valence-electron chi connectivity index (χ4n) is 1.11. The molecule has 3 N–H and O–H groups in total. The van der Waals surface area contributed by atoms with Crippen molar-refractivity contribution in [3.05, 3.63) is 18.0 Å². The molecule has 1 heterocycles. The van der Waals surface area contributed by atoms with Gasteiger partial charge >= 0.3 is 0 Å². The van der Waals surface area contributed by atoms with Crippen LogP contribution in [-0.2, 0) is 22.7 Å². The number of aromatic nitrogens is 2. The monoisotopic (exact) mass is 212 g/mol. The Kier molecular flexibility index (Phi) is 4.79. The van der Waals surface area contributed by atoms with E-state index in [1.807, 2.05) is 10.9 Å². The van der Waals surface area contributed by atoms with Crippen molar-refractivity contribution < 1.29 is 9.63 Å². The lowest BCUT2D eigenvalue weighted by Crippen LogP contribution is -2.24. The minimum absolute atomic E-state index is 0.122. The Morgan fingerprint density at radius 3 is 3.20 bits per heavy atom. The van der Waals surface area contributed by atoms with E-state index >= 15 is 0 Å². The van der Waals surface area contributed by atoms with Crippen LogP contribution in [0.15, 0.2) is 12.4 Å². The molecule has 6 heteroatoms. The number of carbonyl (C=O) groups is 1. The van der Waals surface area contributed by atoms with Gasteiger partial charge in [0.05, 0.1) is 6.20 Å². The Labute approximate surface area is 88.3 Å². The Balaban J connectivity index is 2.22. The average molecular weight is 212 g/mol. The second-order valence-corrected chi connectivity index (χ2v) is 3.19. The van der Waals surface area contributed by atoms with Crippen molar-refractivity contribution in [2.45, 2.75) is 26.4 Å². The predicted molar refractivity (Wildman–Crippen MR) is 54.5 cm³/mol. The maximum atomic E-state index is 10.3. The lowest BCUT2D eigenvalue weighted by atomic mass is 10.4. The quantitative estimate of drug-likeness (QED) is 0.484. The molecule has 0 bridgehead atoms. The van der Waals surface area contributed by atoms with E-state index in [-0.39, 0.29) is 6.61 Å². The lowest BCUT2D eigenvalue weighted by Gasteiger charge is -2.01. The van der Waals surface area contributed by atoms with Crippen LogP contribution in [-0.4, -0.2) is 22.3 Å². The SMILES string of the molecule is CCCn1cc(CNOCC(N)=O)cn1. The van der Waals surface area contributed by atoms with E-state index in [9.17, 15) is 4.79 Å². The second kappa shape index (κ2) is 6.15. The topological polar surface area (TPSA) is 82.2 Å². The molecule has 1 aromatic heterocycles. The van der Waals surface area contributed by atoms with Crippen molar-refractivity contribution in [1.29, 1.82) is 0 Å². The van der Waals surface area contributed by atoms with Gasteiger partial charge in [0.2, 0.25) is 5.91 Å². The molecular weight excluding hydrogens is 196 g/mol. The van der Waals surface area contributed by atoms with Gasteiger partial charge in [-0.2, -0.15) is 10.6 Å². The summed E-state index contributed by atoms with van der Waals surface area (Å²) in [6.07, 6.45) is 4.74. The normalized spacial score (nSPS) is 10.5. The third-order valence-corrected chi connectivity index (χ3v) is 1.73. The van der Waals surface area contributed by atoms with Gasteiger partial charge in [0.1, 0.15) is 6.61 Å². The molecule has 0 spiro atoms. The van der Waals surface area contributed by atoms with Crippen LogP contribution in [0.25, 0.3) is 0 Å². The fourth-order valence-corrected chi connectivity index (χ4v) is 1.11. The van der Waals surface area contributed by atoms with Gasteiger partial charge in [-0.15, -0.1) is 0 Å². The molecule has 1 rings (SSSR count). The van der Waals surface area contributed by atoms with Crippen molar-refractivity contribution in [2.75, 3.05) is 6.61 Å². The van der Waals surface area contributed by atoms with Gasteiger partial charge in [0.15, 0.2) is 0 Å². The molecule has 0 aliphatic heterocycles. The highest BCUT2D eigenvalue weighted by molar-refractivity contribution is 5.74. The molecule has 6 nitrogen and oxygen atoms in total. The van der Waals surface area contributed by atoms with E-state index < -0.39 is 5.91 Å². The van der Waals surface area contributed by atoms with E-state index in [1.54, 1.807) is 6.20 Å². The average Bonchev–Trinajstić information content (AvgIpc) is 2.61. The molecule has 0 saturated heterocycles. The first kappa shape index (κ1) is 11.7. The Bertz CT molecular complexity index is 311. The van der Waals surface area contributed by atoms with Gasteiger partial charge in [-0.3, -0.25) is 14.3 Å². The number of aryl methyl sites for hydroxylation is 1. The first-order valence-corrected chi connectivity index (χ1v) is 4.86. The molecule has 1 aromatic rings. The number of nitrogens with zero attached hydrogens (tertiary/aromatic N) is 2. The van der Waals surface area contributed by atoms with Gasteiger partial charge < -0.3 is 5.73 Å². The molecule has 1 amide bonds. The van der Waals surface area contributed by atoms with Crippen molar-refractivity contribution >= 4 is 5.91 Å². The number of hydrogen-bond acceptors (Lipinski definition) is 4. The van der Waals surface area contributed by atoms with Crippen molar-refractivity contribution in [2.24, 2.45) is 5.73 Å². The largest absolute Gasteiger partial charge is 0.368 e. The zero-order chi connectivity index (χ0) is 11.1. The fraction of sp³-hybridized carbons (Fsp3) is 0.556. The van der Waals surface area contributed by atoms with Gasteiger partial charge in [0.25, 0.3) is 0 Å². The van der Waals surface area contributed by atoms with Crippen LogP contribution in [0.1, 0.15) is 18.9 Å². The van der Waals surface area contributed by atoms with E-state index in [2.05, 4.69) is 17.5 Å². The summed E-state index contributed by atoms with van der Waals surface area (Å²) >= 11 is 0.